The van der Waals surface area contributed by atoms with Crippen LogP contribution in [-0.4, -0.2) is 24.5 Å². The molecule has 106 valence electrons. The maximum absolute atomic E-state index is 12.1. The van der Waals surface area contributed by atoms with Gasteiger partial charge in [0.05, 0.1) is 0 Å². The zero-order chi connectivity index (χ0) is 14.6. The van der Waals surface area contributed by atoms with Gasteiger partial charge in [-0.1, -0.05) is 26.0 Å². The van der Waals surface area contributed by atoms with Crippen molar-refractivity contribution in [1.82, 2.24) is 10.3 Å². The zero-order valence-corrected chi connectivity index (χ0v) is 12.8. The number of aromatic nitrogens is 1. The highest BCUT2D eigenvalue weighted by Gasteiger charge is 2.22. The summed E-state index contributed by atoms with van der Waals surface area (Å²) in [5, 5.41) is 7.94. The van der Waals surface area contributed by atoms with Crippen molar-refractivity contribution in [1.29, 1.82) is 0 Å². The summed E-state index contributed by atoms with van der Waals surface area (Å²) in [5.74, 6) is 0.543. The second-order valence-electron chi connectivity index (χ2n) is 5.20. The number of amides is 1. The van der Waals surface area contributed by atoms with Crippen molar-refractivity contribution in [3.63, 3.8) is 0 Å². The number of hydrogen-bond acceptors (Lipinski definition) is 4. The summed E-state index contributed by atoms with van der Waals surface area (Å²) in [6.07, 6.45) is 0. The Balaban J connectivity index is 2.01. The molecule has 0 aliphatic rings. The van der Waals surface area contributed by atoms with Crippen LogP contribution in [0.1, 0.15) is 29.2 Å². The first-order chi connectivity index (χ1) is 9.53. The molecule has 4 nitrogen and oxygen atoms in total. The quantitative estimate of drug-likeness (QED) is 0.890. The van der Waals surface area contributed by atoms with Gasteiger partial charge in [-0.05, 0) is 23.6 Å². The highest BCUT2D eigenvalue weighted by Crippen LogP contribution is 2.26. The Labute approximate surface area is 123 Å². The Hall–Kier alpha value is -1.88. The summed E-state index contributed by atoms with van der Waals surface area (Å²) < 4.78 is 0. The second-order valence-corrected chi connectivity index (χ2v) is 6.15. The number of anilines is 1. The molecule has 0 unspecified atom stereocenters. The van der Waals surface area contributed by atoms with Crippen molar-refractivity contribution in [3.05, 3.63) is 46.3 Å². The number of pyridine rings is 1. The number of thiophene rings is 1. The van der Waals surface area contributed by atoms with Gasteiger partial charge < -0.3 is 10.6 Å². The van der Waals surface area contributed by atoms with Crippen LogP contribution in [0.5, 0.6) is 0 Å². The number of rotatable bonds is 5. The van der Waals surface area contributed by atoms with Crippen LogP contribution in [-0.2, 0) is 5.41 Å². The smallest absolute Gasteiger partial charge is 0.269 e. The molecule has 0 bridgehead atoms. The fourth-order valence-electron chi connectivity index (χ4n) is 1.84. The second kappa shape index (κ2) is 6.05. The maximum Gasteiger partial charge on any atom is 0.269 e. The molecule has 2 rings (SSSR count). The van der Waals surface area contributed by atoms with E-state index in [9.17, 15) is 4.79 Å². The van der Waals surface area contributed by atoms with Crippen LogP contribution in [0.2, 0.25) is 0 Å². The van der Waals surface area contributed by atoms with Crippen LogP contribution < -0.4 is 10.6 Å². The Morgan fingerprint density at radius 3 is 2.75 bits per heavy atom. The fourth-order valence-corrected chi connectivity index (χ4v) is 2.70. The van der Waals surface area contributed by atoms with Crippen molar-refractivity contribution in [2.45, 2.75) is 19.3 Å². The molecule has 0 aliphatic carbocycles. The van der Waals surface area contributed by atoms with Crippen LogP contribution in [0.4, 0.5) is 5.82 Å². The molecule has 2 N–H and O–H groups in total. The average Bonchev–Trinajstić information content (AvgIpc) is 3.00. The van der Waals surface area contributed by atoms with Crippen LogP contribution in [0.15, 0.2) is 35.7 Å². The fraction of sp³-hybridized carbons (Fsp3) is 0.333. The van der Waals surface area contributed by atoms with E-state index in [2.05, 4.69) is 40.9 Å². The summed E-state index contributed by atoms with van der Waals surface area (Å²) in [7, 11) is 1.78. The van der Waals surface area contributed by atoms with Crippen LogP contribution >= 0.6 is 11.3 Å². The summed E-state index contributed by atoms with van der Waals surface area (Å²) in [4.78, 5) is 17.6. The van der Waals surface area contributed by atoms with E-state index in [4.69, 9.17) is 0 Å². The third-order valence-corrected chi connectivity index (χ3v) is 4.35. The van der Waals surface area contributed by atoms with E-state index in [0.717, 1.165) is 0 Å². The van der Waals surface area contributed by atoms with Gasteiger partial charge in [-0.3, -0.25) is 4.79 Å². The predicted molar refractivity (Wildman–Crippen MR) is 83.5 cm³/mol. The highest BCUT2D eigenvalue weighted by molar-refractivity contribution is 7.10. The molecule has 5 heteroatoms. The minimum atomic E-state index is -0.147. The molecule has 20 heavy (non-hydrogen) atoms. The molecule has 0 saturated carbocycles. The molecule has 1 amide bonds. The molecular weight excluding hydrogens is 270 g/mol. The maximum atomic E-state index is 12.1. The summed E-state index contributed by atoms with van der Waals surface area (Å²) in [5.41, 5.74) is 0.351. The summed E-state index contributed by atoms with van der Waals surface area (Å²) in [6, 6.07) is 9.48. The minimum Gasteiger partial charge on any atom is -0.373 e. The van der Waals surface area contributed by atoms with Crippen LogP contribution in [0.3, 0.4) is 0 Å². The zero-order valence-electron chi connectivity index (χ0n) is 11.9. The molecule has 2 aromatic rings. The number of nitrogens with one attached hydrogen (secondary N) is 2. The van der Waals surface area contributed by atoms with E-state index < -0.39 is 0 Å². The van der Waals surface area contributed by atoms with Crippen molar-refractivity contribution >= 4 is 23.1 Å². The van der Waals surface area contributed by atoms with Crippen LogP contribution in [0, 0.1) is 0 Å². The molecule has 0 atom stereocenters. The Kier molecular flexibility index (Phi) is 4.39. The van der Waals surface area contributed by atoms with Crippen molar-refractivity contribution in [2.24, 2.45) is 0 Å². The molecule has 0 aliphatic heterocycles. The van der Waals surface area contributed by atoms with Gasteiger partial charge in [-0.25, -0.2) is 4.98 Å². The van der Waals surface area contributed by atoms with Gasteiger partial charge in [0.15, 0.2) is 0 Å². The van der Waals surface area contributed by atoms with Crippen molar-refractivity contribution < 1.29 is 4.79 Å². The van der Waals surface area contributed by atoms with Gasteiger partial charge in [-0.15, -0.1) is 11.3 Å². The number of nitrogens with zero attached hydrogens (tertiary/aromatic N) is 1. The van der Waals surface area contributed by atoms with E-state index in [1.165, 1.54) is 4.88 Å². The summed E-state index contributed by atoms with van der Waals surface area (Å²) in [6.45, 7) is 4.82. The van der Waals surface area contributed by atoms with E-state index >= 15 is 0 Å². The third-order valence-electron chi connectivity index (χ3n) is 3.12. The van der Waals surface area contributed by atoms with E-state index in [1.54, 1.807) is 24.5 Å². The van der Waals surface area contributed by atoms with E-state index in [-0.39, 0.29) is 11.3 Å². The first-order valence-electron chi connectivity index (χ1n) is 6.50. The molecule has 0 radical (unpaired) electrons. The summed E-state index contributed by atoms with van der Waals surface area (Å²) >= 11 is 1.71. The number of carbonyl (C=O) groups is 1. The standard InChI is InChI=1S/C15H19N3OS/c1-15(2,12-7-5-9-20-12)10-17-14(19)11-6-4-8-13(16-3)18-11/h4-9H,10H2,1-3H3,(H,16,18)(H,17,19). The Bertz CT molecular complexity index is 579. The average molecular weight is 289 g/mol. The van der Waals surface area contributed by atoms with Crippen molar-refractivity contribution in [3.8, 4) is 0 Å². The van der Waals surface area contributed by atoms with E-state index in [0.29, 0.717) is 18.1 Å². The highest BCUT2D eigenvalue weighted by atomic mass is 32.1. The lowest BCUT2D eigenvalue weighted by molar-refractivity contribution is 0.0941. The van der Waals surface area contributed by atoms with Gasteiger partial charge in [0.1, 0.15) is 11.5 Å². The van der Waals surface area contributed by atoms with Gasteiger partial charge in [0.2, 0.25) is 0 Å². The minimum absolute atomic E-state index is 0.0789. The SMILES string of the molecule is CNc1cccc(C(=O)NCC(C)(C)c2cccs2)n1. The molecule has 2 heterocycles. The van der Waals surface area contributed by atoms with Crippen LogP contribution in [0.25, 0.3) is 0 Å². The lowest BCUT2D eigenvalue weighted by Gasteiger charge is -2.23. The Morgan fingerprint density at radius 1 is 1.30 bits per heavy atom. The van der Waals surface area contributed by atoms with E-state index in [1.807, 2.05) is 18.2 Å². The van der Waals surface area contributed by atoms with Gasteiger partial charge >= 0.3 is 0 Å². The molecule has 0 aromatic carbocycles. The lowest BCUT2D eigenvalue weighted by Crippen LogP contribution is -2.36. The molecule has 0 fully saturated rings. The molecule has 2 aromatic heterocycles. The van der Waals surface area contributed by atoms with Crippen molar-refractivity contribution in [2.75, 3.05) is 18.9 Å². The first-order valence-corrected chi connectivity index (χ1v) is 7.38. The normalized spacial score (nSPS) is 11.2. The largest absolute Gasteiger partial charge is 0.373 e. The monoisotopic (exact) mass is 289 g/mol. The molecule has 0 saturated heterocycles. The first kappa shape index (κ1) is 14.5. The number of hydrogen-bond donors (Lipinski definition) is 2. The molecule has 0 spiro atoms. The molecular formula is C15H19N3OS. The third kappa shape index (κ3) is 3.36. The lowest BCUT2D eigenvalue weighted by atomic mass is 9.91. The van der Waals surface area contributed by atoms with Gasteiger partial charge in [0.25, 0.3) is 5.91 Å². The number of carbonyl (C=O) groups excluding carboxylic acids is 1. The topological polar surface area (TPSA) is 54.0 Å². The Morgan fingerprint density at radius 2 is 2.10 bits per heavy atom. The van der Waals surface area contributed by atoms with Gasteiger partial charge in [-0.2, -0.15) is 0 Å². The predicted octanol–water partition coefficient (Wildman–Crippen LogP) is 2.89. The van der Waals surface area contributed by atoms with Gasteiger partial charge in [0, 0.05) is 23.9 Å².